The van der Waals surface area contributed by atoms with Gasteiger partial charge in [0.1, 0.15) is 9.88 Å². The van der Waals surface area contributed by atoms with E-state index < -0.39 is 12.9 Å². The number of carbonyl (C=O) groups excluding carboxylic acids is 3. The summed E-state index contributed by atoms with van der Waals surface area (Å²) >= 11 is 1.22. The summed E-state index contributed by atoms with van der Waals surface area (Å²) in [7, 11) is 1.46. The third kappa shape index (κ3) is 6.45. The second kappa shape index (κ2) is 12.6. The van der Waals surface area contributed by atoms with Gasteiger partial charge in [-0.15, -0.1) is 21.5 Å². The zero-order valence-corrected chi connectivity index (χ0v) is 23.2. The predicted octanol–water partition coefficient (Wildman–Crippen LogP) is 1.81. The first-order valence-electron chi connectivity index (χ1n) is 14.6. The lowest BCUT2D eigenvalue weighted by Gasteiger charge is -2.34. The molecule has 2 aliphatic rings. The zero-order chi connectivity index (χ0) is 31.4. The molecule has 0 unspecified atom stereocenters. The summed E-state index contributed by atoms with van der Waals surface area (Å²) < 4.78 is 28.0. The largest absolute Gasteiger partial charge is 0.494 e. The van der Waals surface area contributed by atoms with Gasteiger partial charge in [-0.1, -0.05) is 6.07 Å². The Morgan fingerprint density at radius 1 is 1.17 bits per heavy atom. The van der Waals surface area contributed by atoms with Crippen LogP contribution in [-0.2, 0) is 4.79 Å². The summed E-state index contributed by atoms with van der Waals surface area (Å²) in [5, 5.41) is 25.2. The van der Waals surface area contributed by atoms with Gasteiger partial charge >= 0.3 is 0 Å². The molecule has 4 N–H and O–H groups in total. The lowest BCUT2D eigenvalue weighted by atomic mass is 10.1. The highest BCUT2D eigenvalue weighted by molar-refractivity contribution is 7.17. The number of rotatable bonds is 10. The number of nitrogens with zero attached hydrogens (tertiary/aromatic N) is 5. The summed E-state index contributed by atoms with van der Waals surface area (Å²) in [6, 6.07) is 6.59. The minimum Gasteiger partial charge on any atom is -0.494 e. The highest BCUT2D eigenvalue weighted by Gasteiger charge is 2.30. The van der Waals surface area contributed by atoms with Crippen LogP contribution in [0.15, 0.2) is 30.5 Å². The van der Waals surface area contributed by atoms with E-state index >= 15 is 0 Å². The van der Waals surface area contributed by atoms with Crippen molar-refractivity contribution in [3.63, 3.8) is 0 Å². The van der Waals surface area contributed by atoms with E-state index in [1.165, 1.54) is 30.7 Å². The molecule has 0 bridgehead atoms. The molecule has 0 atom stereocenters. The fraction of sp³-hybridized carbons (Fsp3) is 0.407. The second-order valence-corrected chi connectivity index (χ2v) is 10.6. The van der Waals surface area contributed by atoms with Crippen LogP contribution in [0.4, 0.5) is 17.2 Å². The first kappa shape index (κ1) is 24.6. The van der Waals surface area contributed by atoms with Crippen molar-refractivity contribution in [2.24, 2.45) is 5.92 Å². The molecule has 1 saturated heterocycles. The van der Waals surface area contributed by atoms with Crippen molar-refractivity contribution in [3.8, 4) is 16.3 Å². The molecule has 1 aliphatic carbocycles. The monoisotopic (exact) mass is 583 g/mol. The van der Waals surface area contributed by atoms with E-state index in [0.29, 0.717) is 59.6 Å². The van der Waals surface area contributed by atoms with E-state index in [2.05, 4.69) is 30.7 Å². The van der Waals surface area contributed by atoms with Crippen LogP contribution >= 0.6 is 11.3 Å². The number of aliphatic hydroxyl groups excluding tert-OH is 1. The smallest absolute Gasteiger partial charge is 0.273 e. The molecule has 0 radical (unpaired) electrons. The number of hydrogen-bond donors (Lipinski definition) is 4. The third-order valence-electron chi connectivity index (χ3n) is 6.83. The fourth-order valence-corrected chi connectivity index (χ4v) is 5.39. The number of hydrogen-bond acceptors (Lipinski definition) is 11. The minimum atomic E-state index is -2.76. The number of ether oxygens (including phenoxy) is 1. The molecule has 216 valence electrons. The van der Waals surface area contributed by atoms with Crippen molar-refractivity contribution in [2.75, 3.05) is 64.0 Å². The molecular weight excluding hydrogens is 548 g/mol. The summed E-state index contributed by atoms with van der Waals surface area (Å²) in [5.74, 6) is -0.999. The number of benzene rings is 1. The Kier molecular flexibility index (Phi) is 7.56. The molecule has 2 aromatic heterocycles. The molecule has 41 heavy (non-hydrogen) atoms. The normalized spacial score (nSPS) is 16.7. The number of carbonyl (C=O) groups is 3. The van der Waals surface area contributed by atoms with Gasteiger partial charge in [-0.05, 0) is 25.0 Å². The highest BCUT2D eigenvalue weighted by Crippen LogP contribution is 2.40. The van der Waals surface area contributed by atoms with Gasteiger partial charge in [0, 0.05) is 55.8 Å². The molecule has 1 aliphatic heterocycles. The van der Waals surface area contributed by atoms with Crippen molar-refractivity contribution in [2.45, 2.75) is 12.8 Å². The summed E-state index contributed by atoms with van der Waals surface area (Å²) in [6.45, 7) is 0.358. The number of amides is 3. The van der Waals surface area contributed by atoms with E-state index in [-0.39, 0.29) is 41.5 Å². The number of thiazole rings is 1. The van der Waals surface area contributed by atoms with Crippen molar-refractivity contribution in [1.29, 1.82) is 0 Å². The van der Waals surface area contributed by atoms with Crippen molar-refractivity contribution >= 4 is 46.3 Å². The molecule has 1 saturated carbocycles. The van der Waals surface area contributed by atoms with Gasteiger partial charge in [0.05, 0.1) is 36.9 Å². The molecule has 13 nitrogen and oxygen atoms in total. The van der Waals surface area contributed by atoms with E-state index in [1.807, 2.05) is 5.32 Å². The number of piperazine rings is 1. The van der Waals surface area contributed by atoms with Crippen LogP contribution in [0.2, 0.25) is 0 Å². The molecule has 5 rings (SSSR count). The van der Waals surface area contributed by atoms with Gasteiger partial charge in [0.2, 0.25) is 5.91 Å². The molecule has 14 heteroatoms. The van der Waals surface area contributed by atoms with E-state index in [4.69, 9.17) is 14.0 Å². The Balaban J connectivity index is 1.41. The minimum absolute atomic E-state index is 0.0778. The van der Waals surface area contributed by atoms with Crippen LogP contribution in [-0.4, -0.2) is 101 Å². The molecule has 0 spiro atoms. The quantitative estimate of drug-likeness (QED) is 0.277. The lowest BCUT2D eigenvalue weighted by Crippen LogP contribution is -2.49. The zero-order valence-electron chi connectivity index (χ0n) is 25.3. The Morgan fingerprint density at radius 3 is 2.68 bits per heavy atom. The molecule has 3 aromatic rings. The maximum absolute atomic E-state index is 13.2. The summed E-state index contributed by atoms with van der Waals surface area (Å²) in [4.78, 5) is 47.2. The van der Waals surface area contributed by atoms with Gasteiger partial charge < -0.3 is 30.7 Å². The van der Waals surface area contributed by atoms with Crippen LogP contribution in [0.1, 0.15) is 37.1 Å². The summed E-state index contributed by atoms with van der Waals surface area (Å²) in [6.07, 6.45) is 3.08. The van der Waals surface area contributed by atoms with Crippen LogP contribution in [0.5, 0.6) is 5.75 Å². The number of para-hydroxylation sites is 1. The maximum atomic E-state index is 13.2. The molecule has 1 aromatic carbocycles. The predicted molar refractivity (Wildman–Crippen MR) is 154 cm³/mol. The van der Waals surface area contributed by atoms with Crippen LogP contribution in [0, 0.1) is 5.92 Å². The van der Waals surface area contributed by atoms with E-state index in [9.17, 15) is 14.4 Å². The van der Waals surface area contributed by atoms with Gasteiger partial charge in [-0.2, -0.15) is 0 Å². The van der Waals surface area contributed by atoms with Crippen LogP contribution in [0.25, 0.3) is 10.6 Å². The number of aromatic nitrogens is 3. The average molecular weight is 584 g/mol. The number of methoxy groups -OCH3 is 1. The van der Waals surface area contributed by atoms with Gasteiger partial charge in [-0.25, -0.2) is 4.98 Å². The summed E-state index contributed by atoms with van der Waals surface area (Å²) in [5.41, 5.74) is 0.744. The third-order valence-corrected chi connectivity index (χ3v) is 7.85. The Bertz CT molecular complexity index is 1540. The number of anilines is 3. The second-order valence-electron chi connectivity index (χ2n) is 9.61. The molecule has 2 fully saturated rings. The highest BCUT2D eigenvalue weighted by atomic mass is 32.1. The Hall–Kier alpha value is -4.14. The van der Waals surface area contributed by atoms with E-state index in [1.54, 1.807) is 23.1 Å². The lowest BCUT2D eigenvalue weighted by molar-refractivity contribution is -0.117. The molecule has 3 amide bonds. The SMILES string of the molecule is [2H]C([2H])([2H])NC(=O)c1nnc(NC(=O)C2CC2)cc1Nc1cccc(-c2ncc(C(=O)N3CCN(CCO)CC3)s2)c1OC. The molecule has 3 heterocycles. The molecular formula is C27H32N8O5S. The maximum Gasteiger partial charge on any atom is 0.273 e. The van der Waals surface area contributed by atoms with Crippen LogP contribution < -0.4 is 20.7 Å². The van der Waals surface area contributed by atoms with Gasteiger partial charge in [-0.3, -0.25) is 19.3 Å². The van der Waals surface area contributed by atoms with Gasteiger partial charge in [0.25, 0.3) is 11.8 Å². The number of β-amino-alcohol motifs (C(OH)–C–C–N with tert-alkyl or cyclic N) is 1. The first-order chi connectivity index (χ1) is 21.1. The fourth-order valence-electron chi connectivity index (χ4n) is 4.49. The Labute approximate surface area is 245 Å². The standard InChI is InChI=1S/C27H32N8O5S/c1-28-25(38)22-19(14-21(32-33-22)31-24(37)16-6-7-16)30-18-5-3-4-17(23(18)40-2)26-29-15-20(41-26)27(39)35-10-8-34(9-11-35)12-13-36/h3-5,14-16,36H,6-13H2,1-2H3,(H,28,38)(H2,30,31,32,37)/i1D3. The van der Waals surface area contributed by atoms with Crippen molar-refractivity contribution in [3.05, 3.63) is 41.0 Å². The number of nitrogens with one attached hydrogen (secondary N) is 3. The van der Waals surface area contributed by atoms with Gasteiger partial charge in [0.15, 0.2) is 17.3 Å². The van der Waals surface area contributed by atoms with Crippen LogP contribution in [0.3, 0.4) is 0 Å². The Morgan fingerprint density at radius 2 is 1.98 bits per heavy atom. The first-order valence-corrected chi connectivity index (χ1v) is 13.9. The number of aliphatic hydroxyl groups is 1. The average Bonchev–Trinajstić information content (AvgIpc) is 3.73. The van der Waals surface area contributed by atoms with Crippen molar-refractivity contribution < 1.29 is 28.3 Å². The topological polar surface area (TPSA) is 162 Å². The van der Waals surface area contributed by atoms with E-state index in [0.717, 1.165) is 12.8 Å². The van der Waals surface area contributed by atoms with Crippen molar-refractivity contribution in [1.82, 2.24) is 30.3 Å².